The average Bonchev–Trinajstić information content (AvgIpc) is 3.00. The molecule has 0 radical (unpaired) electrons. The second-order valence-corrected chi connectivity index (χ2v) is 8.52. The van der Waals surface area contributed by atoms with Crippen LogP contribution in [0.25, 0.3) is 0 Å². The molecule has 0 aliphatic carbocycles. The molecule has 1 aromatic carbocycles. The zero-order valence-electron chi connectivity index (χ0n) is 14.2. The Bertz CT molecular complexity index is 749. The maximum absolute atomic E-state index is 12.5. The summed E-state index contributed by atoms with van der Waals surface area (Å²) in [5.41, 5.74) is 0.436. The summed E-state index contributed by atoms with van der Waals surface area (Å²) < 4.78 is 41.6. The van der Waals surface area contributed by atoms with Gasteiger partial charge >= 0.3 is 0 Å². The molecular formula is C16H22N2O6S. The lowest BCUT2D eigenvalue weighted by Gasteiger charge is -2.22. The molecule has 0 saturated carbocycles. The first-order valence-electron chi connectivity index (χ1n) is 8.05. The van der Waals surface area contributed by atoms with Crippen LogP contribution in [0, 0.1) is 5.92 Å². The van der Waals surface area contributed by atoms with Gasteiger partial charge in [0.15, 0.2) is 11.5 Å². The summed E-state index contributed by atoms with van der Waals surface area (Å²) in [5.74, 6) is 0.509. The van der Waals surface area contributed by atoms with E-state index < -0.39 is 10.0 Å². The fraction of sp³-hybridized carbons (Fsp3) is 0.562. The highest BCUT2D eigenvalue weighted by Gasteiger charge is 2.34. The number of nitrogens with zero attached hydrogens (tertiary/aromatic N) is 1. The molecule has 0 spiro atoms. The van der Waals surface area contributed by atoms with Crippen molar-refractivity contribution in [1.29, 1.82) is 0 Å². The lowest BCUT2D eigenvalue weighted by Crippen LogP contribution is -2.43. The lowest BCUT2D eigenvalue weighted by molar-refractivity contribution is 0.0924. The molecule has 1 amide bonds. The van der Waals surface area contributed by atoms with E-state index in [0.717, 1.165) is 0 Å². The minimum absolute atomic E-state index is 0.0634. The Morgan fingerprint density at radius 2 is 1.92 bits per heavy atom. The molecule has 3 rings (SSSR count). The molecule has 1 N–H and O–H groups in total. The fourth-order valence-electron chi connectivity index (χ4n) is 2.78. The molecule has 2 aliphatic heterocycles. The molecule has 2 unspecified atom stereocenters. The summed E-state index contributed by atoms with van der Waals surface area (Å²) in [4.78, 5) is 12.5. The summed E-state index contributed by atoms with van der Waals surface area (Å²) in [5, 5.41) is 2.87. The van der Waals surface area contributed by atoms with Crippen LogP contribution in [0.15, 0.2) is 18.2 Å². The number of ether oxygens (including phenoxy) is 3. The molecule has 2 atom stereocenters. The van der Waals surface area contributed by atoms with Gasteiger partial charge in [-0.3, -0.25) is 4.79 Å². The highest BCUT2D eigenvalue weighted by Crippen LogP contribution is 2.30. The van der Waals surface area contributed by atoms with Gasteiger partial charge in [0.05, 0.1) is 25.0 Å². The van der Waals surface area contributed by atoms with Crippen molar-refractivity contribution in [2.75, 3.05) is 46.3 Å². The van der Waals surface area contributed by atoms with Crippen LogP contribution in [0.2, 0.25) is 0 Å². The zero-order valence-corrected chi connectivity index (χ0v) is 15.0. The second-order valence-electron chi connectivity index (χ2n) is 6.30. The highest BCUT2D eigenvalue weighted by molar-refractivity contribution is 7.89. The molecule has 1 aromatic rings. The van der Waals surface area contributed by atoms with Crippen molar-refractivity contribution in [3.05, 3.63) is 23.8 Å². The van der Waals surface area contributed by atoms with Gasteiger partial charge in [0.25, 0.3) is 5.91 Å². The van der Waals surface area contributed by atoms with Crippen LogP contribution in [-0.2, 0) is 14.8 Å². The van der Waals surface area contributed by atoms with Gasteiger partial charge in [-0.25, -0.2) is 12.7 Å². The predicted octanol–water partition coefficient (Wildman–Crippen LogP) is 0.0940. The molecule has 25 heavy (non-hydrogen) atoms. The maximum Gasteiger partial charge on any atom is 0.251 e. The van der Waals surface area contributed by atoms with Crippen molar-refractivity contribution < 1.29 is 27.4 Å². The minimum Gasteiger partial charge on any atom is -0.486 e. The Labute approximate surface area is 147 Å². The van der Waals surface area contributed by atoms with E-state index in [0.29, 0.717) is 43.5 Å². The SMILES string of the molecule is CN(C)S(=O)(=O)CC1COCC1NC(=O)c1ccc2c(c1)OCCO2. The van der Waals surface area contributed by atoms with Gasteiger partial charge in [-0.15, -0.1) is 0 Å². The highest BCUT2D eigenvalue weighted by atomic mass is 32.2. The Balaban J connectivity index is 1.67. The Morgan fingerprint density at radius 3 is 2.64 bits per heavy atom. The molecule has 1 fully saturated rings. The number of hydrogen-bond acceptors (Lipinski definition) is 6. The zero-order chi connectivity index (χ0) is 18.0. The van der Waals surface area contributed by atoms with Crippen molar-refractivity contribution in [3.8, 4) is 11.5 Å². The molecule has 1 saturated heterocycles. The van der Waals surface area contributed by atoms with Gasteiger partial charge in [0.1, 0.15) is 13.2 Å². The quantitative estimate of drug-likeness (QED) is 0.790. The van der Waals surface area contributed by atoms with Crippen LogP contribution < -0.4 is 14.8 Å². The summed E-state index contributed by atoms with van der Waals surface area (Å²) in [7, 11) is -0.374. The van der Waals surface area contributed by atoms with Crippen molar-refractivity contribution in [2.45, 2.75) is 6.04 Å². The number of carbonyl (C=O) groups is 1. The summed E-state index contributed by atoms with van der Waals surface area (Å²) in [6.45, 7) is 1.53. The molecular weight excluding hydrogens is 348 g/mol. The van der Waals surface area contributed by atoms with Gasteiger partial charge in [0.2, 0.25) is 10.0 Å². The molecule has 0 aromatic heterocycles. The topological polar surface area (TPSA) is 94.2 Å². The fourth-order valence-corrected chi connectivity index (χ4v) is 3.95. The minimum atomic E-state index is -3.36. The van der Waals surface area contributed by atoms with E-state index in [1.807, 2.05) is 0 Å². The van der Waals surface area contributed by atoms with E-state index in [4.69, 9.17) is 14.2 Å². The maximum atomic E-state index is 12.5. The average molecular weight is 370 g/mol. The Morgan fingerprint density at radius 1 is 1.20 bits per heavy atom. The van der Waals surface area contributed by atoms with E-state index in [-0.39, 0.29) is 23.6 Å². The van der Waals surface area contributed by atoms with Gasteiger partial charge in [-0.05, 0) is 18.2 Å². The van der Waals surface area contributed by atoms with E-state index in [9.17, 15) is 13.2 Å². The number of amides is 1. The van der Waals surface area contributed by atoms with E-state index in [1.54, 1.807) is 18.2 Å². The van der Waals surface area contributed by atoms with Crippen molar-refractivity contribution >= 4 is 15.9 Å². The monoisotopic (exact) mass is 370 g/mol. The second kappa shape index (κ2) is 7.19. The van der Waals surface area contributed by atoms with Gasteiger partial charge < -0.3 is 19.5 Å². The van der Waals surface area contributed by atoms with Gasteiger partial charge in [-0.1, -0.05) is 0 Å². The predicted molar refractivity (Wildman–Crippen MR) is 90.5 cm³/mol. The van der Waals surface area contributed by atoms with Crippen LogP contribution in [0.4, 0.5) is 0 Å². The van der Waals surface area contributed by atoms with E-state index in [2.05, 4.69) is 5.32 Å². The molecule has 2 heterocycles. The molecule has 0 bridgehead atoms. The largest absolute Gasteiger partial charge is 0.486 e. The third-order valence-corrected chi connectivity index (χ3v) is 6.26. The number of sulfonamides is 1. The number of hydrogen-bond donors (Lipinski definition) is 1. The van der Waals surface area contributed by atoms with Crippen molar-refractivity contribution in [2.24, 2.45) is 5.92 Å². The third-order valence-electron chi connectivity index (χ3n) is 4.30. The molecule has 8 nitrogen and oxygen atoms in total. The van der Waals surface area contributed by atoms with Gasteiger partial charge in [-0.2, -0.15) is 0 Å². The van der Waals surface area contributed by atoms with Crippen LogP contribution in [0.3, 0.4) is 0 Å². The normalized spacial score (nSPS) is 22.8. The Hall–Kier alpha value is -1.84. The first-order chi connectivity index (χ1) is 11.9. The van der Waals surface area contributed by atoms with Crippen molar-refractivity contribution in [1.82, 2.24) is 9.62 Å². The number of carbonyl (C=O) groups excluding carboxylic acids is 1. The van der Waals surface area contributed by atoms with Crippen LogP contribution in [-0.4, -0.2) is 70.9 Å². The van der Waals surface area contributed by atoms with E-state index >= 15 is 0 Å². The van der Waals surface area contributed by atoms with Crippen LogP contribution >= 0.6 is 0 Å². The summed E-state index contributed by atoms with van der Waals surface area (Å²) >= 11 is 0. The lowest BCUT2D eigenvalue weighted by atomic mass is 10.1. The summed E-state index contributed by atoms with van der Waals surface area (Å²) in [6, 6.07) is 4.63. The number of fused-ring (bicyclic) bond motifs is 1. The first kappa shape index (κ1) is 18.0. The smallest absolute Gasteiger partial charge is 0.251 e. The first-order valence-corrected chi connectivity index (χ1v) is 9.66. The molecule has 9 heteroatoms. The van der Waals surface area contributed by atoms with Crippen LogP contribution in [0.5, 0.6) is 11.5 Å². The molecule has 138 valence electrons. The number of nitrogens with one attached hydrogen (secondary N) is 1. The molecule has 2 aliphatic rings. The third kappa shape index (κ3) is 4.05. The summed E-state index contributed by atoms with van der Waals surface area (Å²) in [6.07, 6.45) is 0. The number of benzene rings is 1. The standard InChI is InChI=1S/C16H22N2O6S/c1-18(2)25(20,21)10-12-8-22-9-13(12)17-16(19)11-3-4-14-15(7-11)24-6-5-23-14/h3-4,7,12-13H,5-6,8-10H2,1-2H3,(H,17,19). The van der Waals surface area contributed by atoms with E-state index in [1.165, 1.54) is 18.4 Å². The Kier molecular flexibility index (Phi) is 5.16. The van der Waals surface area contributed by atoms with Gasteiger partial charge in [0, 0.05) is 25.6 Å². The van der Waals surface area contributed by atoms with Crippen LogP contribution in [0.1, 0.15) is 10.4 Å². The van der Waals surface area contributed by atoms with Crippen molar-refractivity contribution in [3.63, 3.8) is 0 Å². The number of rotatable bonds is 5.